The number of likely N-dealkylation sites (tertiary alicyclic amines) is 1. The standard InChI is InChI=1S/C16H24N4O3/c1-4-20-14(5-10(2)18-20)16(22)19-6-11-8-23-9-13(12(11)7-19)15(21)17-3/h5,11-13H,4,6-9H2,1-3H3,(H,17,21)/t11-,12-,13+/m0/s1. The number of nitrogens with zero attached hydrogens (tertiary/aromatic N) is 3. The number of amides is 2. The van der Waals surface area contributed by atoms with Gasteiger partial charge in [-0.3, -0.25) is 14.3 Å². The lowest BCUT2D eigenvalue weighted by Gasteiger charge is -2.31. The summed E-state index contributed by atoms with van der Waals surface area (Å²) in [5.41, 5.74) is 1.47. The Morgan fingerprint density at radius 3 is 2.87 bits per heavy atom. The number of aryl methyl sites for hydroxylation is 2. The van der Waals surface area contributed by atoms with Crippen LogP contribution in [0.2, 0.25) is 0 Å². The summed E-state index contributed by atoms with van der Waals surface area (Å²) in [7, 11) is 1.65. The predicted molar refractivity (Wildman–Crippen MR) is 83.9 cm³/mol. The first kappa shape index (κ1) is 16.0. The topological polar surface area (TPSA) is 76.5 Å². The fraction of sp³-hybridized carbons (Fsp3) is 0.688. The molecule has 1 aromatic heterocycles. The van der Waals surface area contributed by atoms with E-state index in [1.807, 2.05) is 24.8 Å². The molecule has 0 aliphatic carbocycles. The Kier molecular flexibility index (Phi) is 4.39. The fourth-order valence-electron chi connectivity index (χ4n) is 3.74. The Morgan fingerprint density at radius 2 is 2.17 bits per heavy atom. The number of carbonyl (C=O) groups is 2. The quantitative estimate of drug-likeness (QED) is 0.868. The number of fused-ring (bicyclic) bond motifs is 1. The van der Waals surface area contributed by atoms with E-state index in [9.17, 15) is 9.59 Å². The molecule has 0 radical (unpaired) electrons. The molecule has 1 N–H and O–H groups in total. The van der Waals surface area contributed by atoms with Crippen LogP contribution in [0, 0.1) is 24.7 Å². The molecule has 7 nitrogen and oxygen atoms in total. The van der Waals surface area contributed by atoms with Crippen molar-refractivity contribution in [3.05, 3.63) is 17.5 Å². The van der Waals surface area contributed by atoms with Crippen molar-refractivity contribution in [2.75, 3.05) is 33.4 Å². The molecule has 3 rings (SSSR count). The molecule has 7 heteroatoms. The molecule has 3 heterocycles. The van der Waals surface area contributed by atoms with Gasteiger partial charge in [0.15, 0.2) is 0 Å². The van der Waals surface area contributed by atoms with Crippen molar-refractivity contribution in [1.82, 2.24) is 20.0 Å². The zero-order valence-corrected chi connectivity index (χ0v) is 13.9. The SMILES string of the molecule is CCn1nc(C)cc1C(=O)N1C[C@H]2COC[C@@H](C(=O)NC)[C@H]2C1. The van der Waals surface area contributed by atoms with Gasteiger partial charge in [0.1, 0.15) is 5.69 Å². The van der Waals surface area contributed by atoms with Crippen molar-refractivity contribution in [3.63, 3.8) is 0 Å². The van der Waals surface area contributed by atoms with Gasteiger partial charge in [0.05, 0.1) is 24.8 Å². The number of hydrogen-bond acceptors (Lipinski definition) is 4. The minimum Gasteiger partial charge on any atom is -0.380 e. The first-order valence-corrected chi connectivity index (χ1v) is 8.18. The van der Waals surface area contributed by atoms with Crippen LogP contribution in [0.3, 0.4) is 0 Å². The van der Waals surface area contributed by atoms with Crippen molar-refractivity contribution in [2.24, 2.45) is 17.8 Å². The zero-order chi connectivity index (χ0) is 16.6. The fourth-order valence-corrected chi connectivity index (χ4v) is 3.74. The molecule has 2 saturated heterocycles. The Labute approximate surface area is 136 Å². The van der Waals surface area contributed by atoms with Crippen molar-refractivity contribution in [1.29, 1.82) is 0 Å². The summed E-state index contributed by atoms with van der Waals surface area (Å²) in [6, 6.07) is 1.83. The second kappa shape index (κ2) is 6.31. The summed E-state index contributed by atoms with van der Waals surface area (Å²) >= 11 is 0. The van der Waals surface area contributed by atoms with Gasteiger partial charge < -0.3 is 15.0 Å². The monoisotopic (exact) mass is 320 g/mol. The van der Waals surface area contributed by atoms with Crippen molar-refractivity contribution in [2.45, 2.75) is 20.4 Å². The van der Waals surface area contributed by atoms with Gasteiger partial charge in [-0.2, -0.15) is 5.10 Å². The van der Waals surface area contributed by atoms with E-state index in [0.29, 0.717) is 38.5 Å². The van der Waals surface area contributed by atoms with Gasteiger partial charge in [0, 0.05) is 32.6 Å². The van der Waals surface area contributed by atoms with Crippen LogP contribution in [-0.4, -0.2) is 59.8 Å². The second-order valence-electron chi connectivity index (χ2n) is 6.38. The normalized spacial score (nSPS) is 26.9. The highest BCUT2D eigenvalue weighted by Crippen LogP contribution is 2.34. The van der Waals surface area contributed by atoms with E-state index in [0.717, 1.165) is 5.69 Å². The molecule has 0 unspecified atom stereocenters. The van der Waals surface area contributed by atoms with Gasteiger partial charge in [-0.25, -0.2) is 0 Å². The maximum atomic E-state index is 12.9. The number of hydrogen-bond donors (Lipinski definition) is 1. The number of aromatic nitrogens is 2. The van der Waals surface area contributed by atoms with Gasteiger partial charge in [-0.15, -0.1) is 0 Å². The lowest BCUT2D eigenvalue weighted by Crippen LogP contribution is -2.43. The molecule has 1 aromatic rings. The number of rotatable bonds is 3. The molecular weight excluding hydrogens is 296 g/mol. The number of nitrogens with one attached hydrogen (secondary N) is 1. The van der Waals surface area contributed by atoms with Crippen LogP contribution >= 0.6 is 0 Å². The summed E-state index contributed by atoms with van der Waals surface area (Å²) in [6.07, 6.45) is 0. The summed E-state index contributed by atoms with van der Waals surface area (Å²) in [5.74, 6) is 0.233. The molecule has 2 amide bonds. The van der Waals surface area contributed by atoms with E-state index in [2.05, 4.69) is 10.4 Å². The lowest BCUT2D eigenvalue weighted by molar-refractivity contribution is -0.133. The maximum Gasteiger partial charge on any atom is 0.272 e. The summed E-state index contributed by atoms with van der Waals surface area (Å²) in [6.45, 7) is 6.84. The van der Waals surface area contributed by atoms with E-state index in [-0.39, 0.29) is 29.6 Å². The predicted octanol–water partition coefficient (Wildman–Crippen LogP) is 0.292. The Balaban J connectivity index is 1.78. The highest BCUT2D eigenvalue weighted by atomic mass is 16.5. The van der Waals surface area contributed by atoms with E-state index in [4.69, 9.17) is 4.74 Å². The average molecular weight is 320 g/mol. The maximum absolute atomic E-state index is 12.9. The van der Waals surface area contributed by atoms with Gasteiger partial charge in [-0.1, -0.05) is 0 Å². The van der Waals surface area contributed by atoms with Crippen molar-refractivity contribution < 1.29 is 14.3 Å². The molecule has 0 saturated carbocycles. The van der Waals surface area contributed by atoms with Crippen LogP contribution in [0.25, 0.3) is 0 Å². The molecule has 2 fully saturated rings. The second-order valence-corrected chi connectivity index (χ2v) is 6.38. The third-order valence-corrected chi connectivity index (χ3v) is 4.93. The van der Waals surface area contributed by atoms with Crippen LogP contribution in [0.5, 0.6) is 0 Å². The summed E-state index contributed by atoms with van der Waals surface area (Å²) in [4.78, 5) is 26.8. The third-order valence-electron chi connectivity index (χ3n) is 4.93. The van der Waals surface area contributed by atoms with Crippen LogP contribution in [0.1, 0.15) is 23.1 Å². The molecule has 2 aliphatic rings. The number of ether oxygens (including phenoxy) is 1. The minimum atomic E-state index is -0.172. The van der Waals surface area contributed by atoms with E-state index in [1.54, 1.807) is 11.7 Å². The summed E-state index contributed by atoms with van der Waals surface area (Å²) in [5, 5.41) is 7.06. The van der Waals surface area contributed by atoms with Crippen LogP contribution in [0.15, 0.2) is 6.07 Å². The van der Waals surface area contributed by atoms with E-state index in [1.165, 1.54) is 0 Å². The molecule has 2 aliphatic heterocycles. The summed E-state index contributed by atoms with van der Waals surface area (Å²) < 4.78 is 7.33. The van der Waals surface area contributed by atoms with Crippen molar-refractivity contribution in [3.8, 4) is 0 Å². The number of carbonyl (C=O) groups excluding carboxylic acids is 2. The first-order valence-electron chi connectivity index (χ1n) is 8.18. The molecule has 3 atom stereocenters. The lowest BCUT2D eigenvalue weighted by atomic mass is 9.82. The van der Waals surface area contributed by atoms with Gasteiger partial charge in [0.25, 0.3) is 5.91 Å². The van der Waals surface area contributed by atoms with E-state index >= 15 is 0 Å². The van der Waals surface area contributed by atoms with E-state index < -0.39 is 0 Å². The molecule has 0 aromatic carbocycles. The molecule has 126 valence electrons. The highest BCUT2D eigenvalue weighted by Gasteiger charge is 2.45. The van der Waals surface area contributed by atoms with Gasteiger partial charge in [0.2, 0.25) is 5.91 Å². The minimum absolute atomic E-state index is 0.00231. The Morgan fingerprint density at radius 1 is 1.39 bits per heavy atom. The zero-order valence-electron chi connectivity index (χ0n) is 13.9. The first-order chi connectivity index (χ1) is 11.0. The van der Waals surface area contributed by atoms with Crippen LogP contribution < -0.4 is 5.32 Å². The van der Waals surface area contributed by atoms with Crippen LogP contribution in [-0.2, 0) is 16.1 Å². The van der Waals surface area contributed by atoms with Gasteiger partial charge >= 0.3 is 0 Å². The molecule has 0 bridgehead atoms. The Hall–Kier alpha value is -1.89. The highest BCUT2D eigenvalue weighted by molar-refractivity contribution is 5.93. The molecule has 0 spiro atoms. The largest absolute Gasteiger partial charge is 0.380 e. The third kappa shape index (κ3) is 2.85. The molecular formula is C16H24N4O3. The average Bonchev–Trinajstić information content (AvgIpc) is 3.16. The Bertz CT molecular complexity index is 612. The van der Waals surface area contributed by atoms with Crippen molar-refractivity contribution >= 4 is 11.8 Å². The van der Waals surface area contributed by atoms with Gasteiger partial charge in [-0.05, 0) is 25.8 Å². The van der Waals surface area contributed by atoms with Crippen LogP contribution in [0.4, 0.5) is 0 Å². The smallest absolute Gasteiger partial charge is 0.272 e. The molecule has 23 heavy (non-hydrogen) atoms.